The molecule has 0 heterocycles. The average Bonchev–Trinajstić information content (AvgIpc) is 2.49. The van der Waals surface area contributed by atoms with Crippen LogP contribution < -0.4 is 56.5 Å². The normalized spacial score (nSPS) is 10.9. The van der Waals surface area contributed by atoms with Crippen LogP contribution in [0.2, 0.25) is 0 Å². The van der Waals surface area contributed by atoms with E-state index in [2.05, 4.69) is 19.1 Å². The van der Waals surface area contributed by atoms with Gasteiger partial charge in [-0.2, -0.15) is 8.42 Å². The second kappa shape index (κ2) is 23.8. The summed E-state index contributed by atoms with van der Waals surface area (Å²) in [5.74, 6) is -0.914. The fourth-order valence-electron chi connectivity index (χ4n) is 2.34. The van der Waals surface area contributed by atoms with Crippen LogP contribution in [0.3, 0.4) is 0 Å². The molecule has 0 aliphatic heterocycles. The van der Waals surface area contributed by atoms with Crippen LogP contribution >= 0.6 is 0 Å². The third-order valence-electron chi connectivity index (χ3n) is 3.64. The number of carboxylic acid groups (broad SMARTS) is 1. The molecule has 2 N–H and O–H groups in total. The Hall–Kier alpha value is 0.716. The van der Waals surface area contributed by atoms with E-state index in [0.717, 1.165) is 19.3 Å². The molecule has 0 bridgehead atoms. The SMILES string of the molecule is CCCCCCCC/C=C\CCCCCCCC(=O)[O-].O=S(=O)(O)O.[K+]. The van der Waals surface area contributed by atoms with E-state index in [4.69, 9.17) is 17.5 Å². The van der Waals surface area contributed by atoms with Crippen LogP contribution in [0, 0.1) is 0 Å². The first-order valence-electron chi connectivity index (χ1n) is 9.32. The average molecular weight is 419 g/mol. The molecule has 0 aromatic rings. The first kappa shape index (κ1) is 31.4. The number of hydrogen-bond acceptors (Lipinski definition) is 4. The van der Waals surface area contributed by atoms with Crippen LogP contribution in [0.1, 0.15) is 96.8 Å². The molecule has 0 aliphatic rings. The predicted octanol–water partition coefficient (Wildman–Crippen LogP) is 1.13. The zero-order valence-electron chi connectivity index (χ0n) is 16.5. The van der Waals surface area contributed by atoms with Gasteiger partial charge >= 0.3 is 61.8 Å². The summed E-state index contributed by atoms with van der Waals surface area (Å²) in [6.45, 7) is 2.26. The minimum absolute atomic E-state index is 0. The molecule has 0 amide bonds. The van der Waals surface area contributed by atoms with Gasteiger partial charge in [-0.3, -0.25) is 9.11 Å². The van der Waals surface area contributed by atoms with E-state index >= 15 is 0 Å². The van der Waals surface area contributed by atoms with Gasteiger partial charge < -0.3 is 9.90 Å². The van der Waals surface area contributed by atoms with Crippen molar-refractivity contribution in [2.45, 2.75) is 96.8 Å². The van der Waals surface area contributed by atoms with Crippen LogP contribution in [0.5, 0.6) is 0 Å². The summed E-state index contributed by atoms with van der Waals surface area (Å²) in [6, 6.07) is 0. The largest absolute Gasteiger partial charge is 1.00 e. The maximum Gasteiger partial charge on any atom is 1.00 e. The van der Waals surface area contributed by atoms with Crippen molar-refractivity contribution in [2.24, 2.45) is 0 Å². The van der Waals surface area contributed by atoms with Gasteiger partial charge in [-0.15, -0.1) is 0 Å². The van der Waals surface area contributed by atoms with Crippen molar-refractivity contribution in [2.75, 3.05) is 0 Å². The molecule has 0 aromatic heterocycles. The van der Waals surface area contributed by atoms with Gasteiger partial charge in [0, 0.05) is 5.97 Å². The maximum absolute atomic E-state index is 10.2. The zero-order chi connectivity index (χ0) is 19.4. The molecule has 26 heavy (non-hydrogen) atoms. The molecule has 8 heteroatoms. The molecule has 0 spiro atoms. The van der Waals surface area contributed by atoms with Gasteiger partial charge in [0.1, 0.15) is 0 Å². The molecule has 0 aliphatic carbocycles. The molecule has 0 radical (unpaired) electrons. The maximum atomic E-state index is 10.2. The minimum Gasteiger partial charge on any atom is -0.550 e. The number of hydrogen-bond donors (Lipinski definition) is 2. The van der Waals surface area contributed by atoms with Crippen molar-refractivity contribution >= 4 is 16.4 Å². The quantitative estimate of drug-likeness (QED) is 0.178. The van der Waals surface area contributed by atoms with E-state index in [-0.39, 0.29) is 57.8 Å². The van der Waals surface area contributed by atoms with Crippen LogP contribution in [-0.4, -0.2) is 23.5 Å². The van der Waals surface area contributed by atoms with Crippen molar-refractivity contribution in [3.8, 4) is 0 Å². The number of rotatable bonds is 15. The number of aliphatic carboxylic acids is 1. The number of allylic oxidation sites excluding steroid dienone is 2. The van der Waals surface area contributed by atoms with Crippen LogP contribution in [-0.2, 0) is 15.2 Å². The van der Waals surface area contributed by atoms with Crippen molar-refractivity contribution in [3.63, 3.8) is 0 Å². The number of carboxylic acids is 1. The van der Waals surface area contributed by atoms with Gasteiger partial charge in [-0.1, -0.05) is 70.4 Å². The van der Waals surface area contributed by atoms with Gasteiger partial charge in [-0.25, -0.2) is 0 Å². The first-order chi connectivity index (χ1) is 11.8. The van der Waals surface area contributed by atoms with Crippen molar-refractivity contribution in [1.82, 2.24) is 0 Å². The summed E-state index contributed by atoms with van der Waals surface area (Å²) in [4.78, 5) is 10.2. The number of carbonyl (C=O) groups is 1. The molecule has 0 unspecified atom stereocenters. The van der Waals surface area contributed by atoms with Gasteiger partial charge in [0.05, 0.1) is 0 Å². The molecule has 0 fully saturated rings. The molecular formula is C18H35KO6S. The van der Waals surface area contributed by atoms with E-state index in [1.54, 1.807) is 0 Å². The topological polar surface area (TPSA) is 115 Å². The second-order valence-electron chi connectivity index (χ2n) is 6.15. The molecule has 0 rings (SSSR count). The third kappa shape index (κ3) is 44.3. The summed E-state index contributed by atoms with van der Waals surface area (Å²) in [6.07, 6.45) is 20.9. The summed E-state index contributed by atoms with van der Waals surface area (Å²) >= 11 is 0. The van der Waals surface area contributed by atoms with E-state index in [1.807, 2.05) is 0 Å². The molecule has 0 saturated heterocycles. The number of carbonyl (C=O) groups excluding carboxylic acids is 1. The Kier molecular flexibility index (Phi) is 28.7. The molecule has 0 saturated carbocycles. The Labute approximate surface area is 202 Å². The molecule has 0 aromatic carbocycles. The standard InChI is InChI=1S/C18H34O2.K.H2O4S/c1-2-3-4-5-6-7-8-9-10-11-12-13-14-15-16-17-18(19)20;;1-5(2,3)4/h9-10H,2-8,11-17H2,1H3,(H,19,20);;(H2,1,2,3,4)/q;+1;/p-1/b10-9-;;. The Balaban J connectivity index is -0.000000772. The molecule has 0 atom stereocenters. The van der Waals surface area contributed by atoms with Gasteiger partial charge in [0.15, 0.2) is 0 Å². The van der Waals surface area contributed by atoms with Crippen LogP contribution in [0.4, 0.5) is 0 Å². The summed E-state index contributed by atoms with van der Waals surface area (Å²) in [7, 11) is -4.67. The first-order valence-corrected chi connectivity index (χ1v) is 10.7. The minimum atomic E-state index is -4.67. The third-order valence-corrected chi connectivity index (χ3v) is 3.64. The summed E-state index contributed by atoms with van der Waals surface area (Å²) < 4.78 is 31.6. The van der Waals surface area contributed by atoms with E-state index in [0.29, 0.717) is 0 Å². The Morgan fingerprint density at radius 3 is 1.54 bits per heavy atom. The fraction of sp³-hybridized carbons (Fsp3) is 0.833. The van der Waals surface area contributed by atoms with E-state index < -0.39 is 16.4 Å². The van der Waals surface area contributed by atoms with Crippen molar-refractivity contribution < 1.29 is 78.8 Å². The van der Waals surface area contributed by atoms with E-state index in [1.165, 1.54) is 64.2 Å². The Bertz CT molecular complexity index is 415. The van der Waals surface area contributed by atoms with Crippen LogP contribution in [0.25, 0.3) is 0 Å². The van der Waals surface area contributed by atoms with Gasteiger partial charge in [-0.05, 0) is 38.5 Å². The van der Waals surface area contributed by atoms with Gasteiger partial charge in [0.25, 0.3) is 0 Å². The Morgan fingerprint density at radius 2 is 1.15 bits per heavy atom. The predicted molar refractivity (Wildman–Crippen MR) is 98.6 cm³/mol. The second-order valence-corrected chi connectivity index (χ2v) is 7.05. The number of unbranched alkanes of at least 4 members (excludes halogenated alkanes) is 11. The Morgan fingerprint density at radius 1 is 0.808 bits per heavy atom. The van der Waals surface area contributed by atoms with Crippen LogP contribution in [0.15, 0.2) is 12.2 Å². The van der Waals surface area contributed by atoms with Gasteiger partial charge in [0.2, 0.25) is 0 Å². The van der Waals surface area contributed by atoms with Crippen molar-refractivity contribution in [3.05, 3.63) is 12.2 Å². The zero-order valence-corrected chi connectivity index (χ0v) is 20.4. The fourth-order valence-corrected chi connectivity index (χ4v) is 2.34. The molecular weight excluding hydrogens is 383 g/mol. The molecule has 6 nitrogen and oxygen atoms in total. The summed E-state index contributed by atoms with van der Waals surface area (Å²) in [5.41, 5.74) is 0. The molecule has 150 valence electrons. The van der Waals surface area contributed by atoms with E-state index in [9.17, 15) is 9.90 Å². The van der Waals surface area contributed by atoms with Crippen molar-refractivity contribution in [1.29, 1.82) is 0 Å². The monoisotopic (exact) mass is 418 g/mol. The smallest absolute Gasteiger partial charge is 0.550 e. The summed E-state index contributed by atoms with van der Waals surface area (Å²) in [5, 5.41) is 10.2.